The standard InChI is InChI=1S/C17H18ClNO2/c1-10-6-11(2)15(12(3)7-10)9-21-16-5-4-13(18)8-14(16)17(19)20/h4-8H,9H2,1-3H3,(H2,19,20). The molecular formula is C17H18ClNO2. The van der Waals surface area contributed by atoms with Gasteiger partial charge in [-0.2, -0.15) is 0 Å². The molecule has 0 aliphatic carbocycles. The summed E-state index contributed by atoms with van der Waals surface area (Å²) in [5.74, 6) is -0.101. The molecule has 0 radical (unpaired) electrons. The lowest BCUT2D eigenvalue weighted by atomic mass is 10.0. The van der Waals surface area contributed by atoms with Gasteiger partial charge in [0.2, 0.25) is 0 Å². The molecule has 0 aliphatic rings. The third-order valence-corrected chi connectivity index (χ3v) is 3.65. The highest BCUT2D eigenvalue weighted by Gasteiger charge is 2.12. The fourth-order valence-electron chi connectivity index (χ4n) is 2.41. The number of benzene rings is 2. The molecule has 0 bridgehead atoms. The van der Waals surface area contributed by atoms with Gasteiger partial charge in [-0.05, 0) is 55.7 Å². The van der Waals surface area contributed by atoms with Gasteiger partial charge in [-0.25, -0.2) is 0 Å². The van der Waals surface area contributed by atoms with E-state index < -0.39 is 5.91 Å². The zero-order valence-electron chi connectivity index (χ0n) is 12.4. The highest BCUT2D eigenvalue weighted by molar-refractivity contribution is 6.31. The molecule has 0 saturated carbocycles. The van der Waals surface area contributed by atoms with Crippen molar-refractivity contribution in [1.29, 1.82) is 0 Å². The Morgan fingerprint density at radius 1 is 1.14 bits per heavy atom. The summed E-state index contributed by atoms with van der Waals surface area (Å²) in [6, 6.07) is 9.10. The van der Waals surface area contributed by atoms with Crippen LogP contribution in [0.1, 0.15) is 32.6 Å². The topological polar surface area (TPSA) is 52.3 Å². The van der Waals surface area contributed by atoms with Crippen LogP contribution in [0, 0.1) is 20.8 Å². The number of nitrogens with two attached hydrogens (primary N) is 1. The van der Waals surface area contributed by atoms with Gasteiger partial charge < -0.3 is 10.5 Å². The maximum absolute atomic E-state index is 11.4. The van der Waals surface area contributed by atoms with E-state index in [1.807, 2.05) is 0 Å². The first-order valence-corrected chi connectivity index (χ1v) is 7.05. The molecule has 21 heavy (non-hydrogen) atoms. The van der Waals surface area contributed by atoms with Crippen LogP contribution in [0.4, 0.5) is 0 Å². The maximum Gasteiger partial charge on any atom is 0.252 e. The van der Waals surface area contributed by atoms with Gasteiger partial charge in [0.25, 0.3) is 5.91 Å². The molecule has 0 aromatic heterocycles. The Labute approximate surface area is 129 Å². The molecule has 2 rings (SSSR count). The zero-order valence-corrected chi connectivity index (χ0v) is 13.1. The minimum Gasteiger partial charge on any atom is -0.488 e. The van der Waals surface area contributed by atoms with Crippen LogP contribution in [0.25, 0.3) is 0 Å². The van der Waals surface area contributed by atoms with E-state index in [0.717, 1.165) is 5.56 Å². The Balaban J connectivity index is 2.27. The van der Waals surface area contributed by atoms with E-state index in [1.54, 1.807) is 12.1 Å². The second-order valence-corrected chi connectivity index (χ2v) is 5.61. The van der Waals surface area contributed by atoms with Crippen LogP contribution in [0.2, 0.25) is 5.02 Å². The van der Waals surface area contributed by atoms with Crippen molar-refractivity contribution >= 4 is 17.5 Å². The van der Waals surface area contributed by atoms with Crippen LogP contribution in [0.3, 0.4) is 0 Å². The summed E-state index contributed by atoms with van der Waals surface area (Å²) >= 11 is 5.88. The molecule has 2 aromatic carbocycles. The van der Waals surface area contributed by atoms with Crippen molar-refractivity contribution in [2.24, 2.45) is 5.73 Å². The van der Waals surface area contributed by atoms with Gasteiger partial charge >= 0.3 is 0 Å². The number of amides is 1. The zero-order chi connectivity index (χ0) is 15.6. The van der Waals surface area contributed by atoms with Crippen LogP contribution >= 0.6 is 11.6 Å². The highest BCUT2D eigenvalue weighted by Crippen LogP contribution is 2.25. The molecule has 0 aliphatic heterocycles. The monoisotopic (exact) mass is 303 g/mol. The quantitative estimate of drug-likeness (QED) is 0.930. The Kier molecular flexibility index (Phi) is 4.53. The van der Waals surface area contributed by atoms with Crippen LogP contribution in [0.5, 0.6) is 5.75 Å². The number of rotatable bonds is 4. The maximum atomic E-state index is 11.4. The summed E-state index contributed by atoms with van der Waals surface area (Å²) in [7, 11) is 0. The number of hydrogen-bond donors (Lipinski definition) is 1. The van der Waals surface area contributed by atoms with E-state index >= 15 is 0 Å². The van der Waals surface area contributed by atoms with Crippen LogP contribution in [-0.2, 0) is 6.61 Å². The largest absolute Gasteiger partial charge is 0.488 e. The van der Waals surface area contributed by atoms with Crippen LogP contribution in [-0.4, -0.2) is 5.91 Å². The summed E-state index contributed by atoms with van der Waals surface area (Å²) in [5, 5.41) is 0.457. The van der Waals surface area contributed by atoms with Crippen molar-refractivity contribution in [3.63, 3.8) is 0 Å². The first-order chi connectivity index (χ1) is 9.88. The van der Waals surface area contributed by atoms with E-state index in [-0.39, 0.29) is 0 Å². The normalized spacial score (nSPS) is 10.5. The summed E-state index contributed by atoms with van der Waals surface area (Å²) in [5.41, 5.74) is 10.3. The molecule has 4 heteroatoms. The van der Waals surface area contributed by atoms with Gasteiger partial charge in [-0.3, -0.25) is 4.79 Å². The number of carbonyl (C=O) groups is 1. The fraction of sp³-hybridized carbons (Fsp3) is 0.235. The van der Waals surface area contributed by atoms with E-state index in [1.165, 1.54) is 22.8 Å². The third kappa shape index (κ3) is 3.56. The lowest BCUT2D eigenvalue weighted by molar-refractivity contribution is 0.0996. The van der Waals surface area contributed by atoms with Crippen molar-refractivity contribution < 1.29 is 9.53 Å². The molecule has 110 valence electrons. The van der Waals surface area contributed by atoms with Gasteiger partial charge in [-0.15, -0.1) is 0 Å². The summed E-state index contributed by atoms with van der Waals surface area (Å²) in [4.78, 5) is 11.4. The van der Waals surface area contributed by atoms with Gasteiger partial charge in [0.05, 0.1) is 5.56 Å². The fourth-order valence-corrected chi connectivity index (χ4v) is 2.58. The lowest BCUT2D eigenvalue weighted by Crippen LogP contribution is -2.13. The second-order valence-electron chi connectivity index (χ2n) is 5.17. The number of ether oxygens (including phenoxy) is 1. The summed E-state index contributed by atoms with van der Waals surface area (Å²) < 4.78 is 5.78. The molecular weight excluding hydrogens is 286 g/mol. The van der Waals surface area contributed by atoms with Gasteiger partial charge in [0.15, 0.2) is 0 Å². The lowest BCUT2D eigenvalue weighted by Gasteiger charge is -2.14. The van der Waals surface area contributed by atoms with Gasteiger partial charge in [-0.1, -0.05) is 29.3 Å². The van der Waals surface area contributed by atoms with Crippen LogP contribution in [0.15, 0.2) is 30.3 Å². The van der Waals surface area contributed by atoms with Crippen molar-refractivity contribution in [3.05, 3.63) is 63.2 Å². The smallest absolute Gasteiger partial charge is 0.252 e. The predicted molar refractivity (Wildman–Crippen MR) is 85.0 cm³/mol. The first-order valence-electron chi connectivity index (χ1n) is 6.67. The predicted octanol–water partition coefficient (Wildman–Crippen LogP) is 3.94. The number of hydrogen-bond acceptors (Lipinski definition) is 2. The number of carbonyl (C=O) groups excluding carboxylic acids is 1. The molecule has 0 fully saturated rings. The van der Waals surface area contributed by atoms with Gasteiger partial charge in [0, 0.05) is 5.02 Å². The second kappa shape index (κ2) is 6.19. The average molecular weight is 304 g/mol. The molecule has 2 N–H and O–H groups in total. The Hall–Kier alpha value is -2.00. The molecule has 0 saturated heterocycles. The van der Waals surface area contributed by atoms with E-state index in [9.17, 15) is 4.79 Å². The van der Waals surface area contributed by atoms with Crippen molar-refractivity contribution in [1.82, 2.24) is 0 Å². The molecule has 0 unspecified atom stereocenters. The molecule has 0 heterocycles. The van der Waals surface area contributed by atoms with E-state index in [2.05, 4.69) is 32.9 Å². The van der Waals surface area contributed by atoms with Crippen molar-refractivity contribution in [3.8, 4) is 5.75 Å². The Morgan fingerprint density at radius 3 is 2.33 bits per heavy atom. The Morgan fingerprint density at radius 2 is 1.76 bits per heavy atom. The number of halogens is 1. The highest BCUT2D eigenvalue weighted by atomic mass is 35.5. The molecule has 0 atom stereocenters. The molecule has 3 nitrogen and oxygen atoms in total. The minimum atomic E-state index is -0.551. The SMILES string of the molecule is Cc1cc(C)c(COc2ccc(Cl)cc2C(N)=O)c(C)c1. The number of primary amides is 1. The van der Waals surface area contributed by atoms with Gasteiger partial charge in [0.1, 0.15) is 12.4 Å². The van der Waals surface area contributed by atoms with E-state index in [0.29, 0.717) is 22.9 Å². The molecule has 1 amide bonds. The first kappa shape index (κ1) is 15.4. The average Bonchev–Trinajstić information content (AvgIpc) is 2.38. The van der Waals surface area contributed by atoms with Crippen molar-refractivity contribution in [2.45, 2.75) is 27.4 Å². The third-order valence-electron chi connectivity index (χ3n) is 3.42. The number of aryl methyl sites for hydroxylation is 3. The summed E-state index contributed by atoms with van der Waals surface area (Å²) in [6.07, 6.45) is 0. The molecule has 0 spiro atoms. The van der Waals surface area contributed by atoms with E-state index in [4.69, 9.17) is 22.1 Å². The Bertz CT molecular complexity index is 672. The van der Waals surface area contributed by atoms with Crippen LogP contribution < -0.4 is 10.5 Å². The molecule has 2 aromatic rings. The minimum absolute atomic E-state index is 0.296. The van der Waals surface area contributed by atoms with Crippen molar-refractivity contribution in [2.75, 3.05) is 0 Å². The summed E-state index contributed by atoms with van der Waals surface area (Å²) in [6.45, 7) is 6.56.